The lowest BCUT2D eigenvalue weighted by Crippen LogP contribution is -2.19. The van der Waals surface area contributed by atoms with Crippen LogP contribution in [-0.2, 0) is 4.79 Å². The molecule has 1 aromatic carbocycles. The number of nitrogens with one attached hydrogen (secondary N) is 1. The summed E-state index contributed by atoms with van der Waals surface area (Å²) in [5.74, 6) is 0.342. The summed E-state index contributed by atoms with van der Waals surface area (Å²) in [5.41, 5.74) is 1.58. The van der Waals surface area contributed by atoms with Gasteiger partial charge in [-0.15, -0.1) is 5.10 Å². The second kappa shape index (κ2) is 7.75. The topological polar surface area (TPSA) is 99.0 Å². The van der Waals surface area contributed by atoms with Gasteiger partial charge in [-0.2, -0.15) is 10.2 Å². The van der Waals surface area contributed by atoms with E-state index < -0.39 is 0 Å². The van der Waals surface area contributed by atoms with Gasteiger partial charge in [-0.05, 0) is 43.9 Å². The van der Waals surface area contributed by atoms with Crippen LogP contribution >= 0.6 is 0 Å². The van der Waals surface area contributed by atoms with Crippen LogP contribution in [0.1, 0.15) is 42.2 Å². The molecule has 0 radical (unpaired) electrons. The van der Waals surface area contributed by atoms with Gasteiger partial charge in [-0.25, -0.2) is 0 Å². The fourth-order valence-corrected chi connectivity index (χ4v) is 3.64. The number of aldehydes is 1. The third kappa shape index (κ3) is 3.58. The molecule has 1 amide bonds. The summed E-state index contributed by atoms with van der Waals surface area (Å²) in [4.78, 5) is 23.4. The number of anilines is 1. The van der Waals surface area contributed by atoms with Gasteiger partial charge < -0.3 is 14.8 Å². The number of carbonyl (C=O) groups excluding carboxylic acids is 2. The molecule has 1 N–H and O–H groups in total. The molecular formula is C20H21N5O3. The van der Waals surface area contributed by atoms with E-state index in [2.05, 4.69) is 20.6 Å². The number of aromatic nitrogens is 4. The highest BCUT2D eigenvalue weighted by molar-refractivity contribution is 6.04. The van der Waals surface area contributed by atoms with Crippen LogP contribution in [-0.4, -0.2) is 39.3 Å². The minimum absolute atomic E-state index is 0.171. The smallest absolute Gasteiger partial charge is 0.276 e. The standard InChI is InChI=1S/C20H21N5O3/c1-28-19-10-17-14(9-18(19)22-20(27)16-3-2-8-21-23-16)11-25(24-17)15-6-4-13(12-26)5-7-15/h2-3,8-13,15H,4-7H2,1H3,(H,22,27). The van der Waals surface area contributed by atoms with Gasteiger partial charge >= 0.3 is 0 Å². The summed E-state index contributed by atoms with van der Waals surface area (Å²) in [6.07, 6.45) is 8.22. The van der Waals surface area contributed by atoms with Crippen LogP contribution in [0.5, 0.6) is 5.75 Å². The summed E-state index contributed by atoms with van der Waals surface area (Å²) >= 11 is 0. The molecule has 0 unspecified atom stereocenters. The quantitative estimate of drug-likeness (QED) is 0.684. The van der Waals surface area contributed by atoms with E-state index in [1.54, 1.807) is 19.2 Å². The Labute approximate surface area is 161 Å². The van der Waals surface area contributed by atoms with Crippen molar-refractivity contribution in [2.75, 3.05) is 12.4 Å². The van der Waals surface area contributed by atoms with Gasteiger partial charge in [0.2, 0.25) is 0 Å². The predicted molar refractivity (Wildman–Crippen MR) is 103 cm³/mol. The van der Waals surface area contributed by atoms with Crippen molar-refractivity contribution in [3.63, 3.8) is 0 Å². The van der Waals surface area contributed by atoms with Crippen LogP contribution in [0, 0.1) is 5.92 Å². The summed E-state index contributed by atoms with van der Waals surface area (Å²) < 4.78 is 7.41. The first-order chi connectivity index (χ1) is 13.7. The van der Waals surface area contributed by atoms with Crippen molar-refractivity contribution in [3.8, 4) is 5.75 Å². The van der Waals surface area contributed by atoms with E-state index in [0.29, 0.717) is 11.4 Å². The van der Waals surface area contributed by atoms with E-state index in [9.17, 15) is 9.59 Å². The molecule has 0 saturated heterocycles. The molecule has 8 nitrogen and oxygen atoms in total. The van der Waals surface area contributed by atoms with E-state index in [0.717, 1.165) is 42.9 Å². The third-order valence-electron chi connectivity index (χ3n) is 5.20. The maximum Gasteiger partial charge on any atom is 0.276 e. The number of benzene rings is 1. The maximum absolute atomic E-state index is 12.4. The van der Waals surface area contributed by atoms with Crippen molar-refractivity contribution >= 4 is 28.8 Å². The number of nitrogens with zero attached hydrogens (tertiary/aromatic N) is 4. The van der Waals surface area contributed by atoms with Crippen LogP contribution in [0.2, 0.25) is 0 Å². The molecule has 0 bridgehead atoms. The van der Waals surface area contributed by atoms with Crippen molar-refractivity contribution < 1.29 is 14.3 Å². The Bertz CT molecular complexity index is 994. The lowest BCUT2D eigenvalue weighted by molar-refractivity contribution is -0.112. The molecule has 0 atom stereocenters. The molecule has 0 spiro atoms. The number of hydrogen-bond acceptors (Lipinski definition) is 6. The largest absolute Gasteiger partial charge is 0.494 e. The lowest BCUT2D eigenvalue weighted by Gasteiger charge is -2.25. The number of rotatable bonds is 5. The first-order valence-corrected chi connectivity index (χ1v) is 9.29. The van der Waals surface area contributed by atoms with Gasteiger partial charge in [0.25, 0.3) is 5.91 Å². The predicted octanol–water partition coefficient (Wildman–Crippen LogP) is 3.02. The normalized spacial score (nSPS) is 19.3. The van der Waals surface area contributed by atoms with Crippen LogP contribution in [0.3, 0.4) is 0 Å². The highest BCUT2D eigenvalue weighted by Gasteiger charge is 2.23. The number of fused-ring (bicyclic) bond motifs is 1. The molecule has 1 fully saturated rings. The monoisotopic (exact) mass is 379 g/mol. The average molecular weight is 379 g/mol. The Morgan fingerprint density at radius 2 is 2.11 bits per heavy atom. The molecule has 0 aliphatic heterocycles. The van der Waals surface area contributed by atoms with Gasteiger partial charge in [0.1, 0.15) is 12.0 Å². The molecule has 4 rings (SSSR count). The van der Waals surface area contributed by atoms with E-state index in [1.165, 1.54) is 6.20 Å². The van der Waals surface area contributed by atoms with E-state index in [4.69, 9.17) is 4.74 Å². The zero-order valence-corrected chi connectivity index (χ0v) is 15.5. The average Bonchev–Trinajstić information content (AvgIpc) is 3.16. The summed E-state index contributed by atoms with van der Waals surface area (Å²) in [6, 6.07) is 7.21. The zero-order chi connectivity index (χ0) is 19.5. The van der Waals surface area contributed by atoms with Gasteiger partial charge in [-0.1, -0.05) is 0 Å². The fourth-order valence-electron chi connectivity index (χ4n) is 3.64. The molecule has 1 saturated carbocycles. The minimum Gasteiger partial charge on any atom is -0.494 e. The highest BCUT2D eigenvalue weighted by atomic mass is 16.5. The molecule has 2 aromatic heterocycles. The molecule has 2 heterocycles. The summed E-state index contributed by atoms with van der Waals surface area (Å²) in [5, 5.41) is 16.0. The van der Waals surface area contributed by atoms with Crippen LogP contribution < -0.4 is 10.1 Å². The minimum atomic E-state index is -0.356. The molecule has 1 aliphatic rings. The van der Waals surface area contributed by atoms with Crippen LogP contribution in [0.4, 0.5) is 5.69 Å². The van der Waals surface area contributed by atoms with Crippen LogP contribution in [0.25, 0.3) is 10.9 Å². The molecule has 28 heavy (non-hydrogen) atoms. The molecule has 1 aliphatic carbocycles. The Morgan fingerprint density at radius 1 is 1.29 bits per heavy atom. The number of hydrogen-bond donors (Lipinski definition) is 1. The summed E-state index contributed by atoms with van der Waals surface area (Å²) in [7, 11) is 1.55. The van der Waals surface area contributed by atoms with Crippen molar-refractivity contribution in [2.45, 2.75) is 31.7 Å². The van der Waals surface area contributed by atoms with E-state index in [1.807, 2.05) is 23.0 Å². The van der Waals surface area contributed by atoms with Crippen molar-refractivity contribution in [2.24, 2.45) is 5.92 Å². The first kappa shape index (κ1) is 18.1. The molecule has 8 heteroatoms. The molecular weight excluding hydrogens is 358 g/mol. The van der Waals surface area contributed by atoms with Gasteiger partial charge in [0.05, 0.1) is 24.4 Å². The first-order valence-electron chi connectivity index (χ1n) is 9.29. The zero-order valence-electron chi connectivity index (χ0n) is 15.5. The Kier molecular flexibility index (Phi) is 5.01. The second-order valence-corrected chi connectivity index (χ2v) is 6.99. The number of carbonyl (C=O) groups is 2. The fraction of sp³-hybridized carbons (Fsp3) is 0.350. The number of methoxy groups -OCH3 is 1. The molecule has 3 aromatic rings. The van der Waals surface area contributed by atoms with Gasteiger partial charge in [0.15, 0.2) is 5.69 Å². The number of amides is 1. The molecule has 144 valence electrons. The summed E-state index contributed by atoms with van der Waals surface area (Å²) in [6.45, 7) is 0. The van der Waals surface area contributed by atoms with Crippen molar-refractivity contribution in [1.29, 1.82) is 0 Å². The van der Waals surface area contributed by atoms with Crippen molar-refractivity contribution in [1.82, 2.24) is 20.0 Å². The van der Waals surface area contributed by atoms with Gasteiger partial charge in [0, 0.05) is 29.8 Å². The Morgan fingerprint density at radius 3 is 2.79 bits per heavy atom. The third-order valence-corrected chi connectivity index (χ3v) is 5.20. The Balaban J connectivity index is 1.60. The SMILES string of the molecule is COc1cc2nn(C3CCC(C=O)CC3)cc2cc1NC(=O)c1cccnn1. The van der Waals surface area contributed by atoms with E-state index in [-0.39, 0.29) is 23.6 Å². The second-order valence-electron chi connectivity index (χ2n) is 6.99. The Hall–Kier alpha value is -3.29. The number of ether oxygens (including phenoxy) is 1. The van der Waals surface area contributed by atoms with E-state index >= 15 is 0 Å². The lowest BCUT2D eigenvalue weighted by atomic mass is 9.87. The highest BCUT2D eigenvalue weighted by Crippen LogP contribution is 2.34. The van der Waals surface area contributed by atoms with Crippen molar-refractivity contribution in [3.05, 3.63) is 42.4 Å². The maximum atomic E-state index is 12.4. The van der Waals surface area contributed by atoms with Crippen LogP contribution in [0.15, 0.2) is 36.7 Å². The van der Waals surface area contributed by atoms with Gasteiger partial charge in [-0.3, -0.25) is 9.48 Å².